The lowest BCUT2D eigenvalue weighted by Gasteiger charge is -2.11. The van der Waals surface area contributed by atoms with Crippen LogP contribution in [0.25, 0.3) is 0 Å². The molecule has 1 N–H and O–H groups in total. The second-order valence-corrected chi connectivity index (χ2v) is 4.62. The van der Waals surface area contributed by atoms with Gasteiger partial charge in [-0.25, -0.2) is 4.98 Å². The minimum Gasteiger partial charge on any atom is -0.365 e. The molecule has 5 heteroatoms. The van der Waals surface area contributed by atoms with Crippen molar-refractivity contribution in [2.24, 2.45) is 0 Å². The highest BCUT2D eigenvalue weighted by molar-refractivity contribution is 5.31. The highest BCUT2D eigenvalue weighted by Gasteiger charge is 2.06. The van der Waals surface area contributed by atoms with Crippen molar-refractivity contribution in [2.75, 3.05) is 11.9 Å². The summed E-state index contributed by atoms with van der Waals surface area (Å²) in [5.41, 5.74) is 1.05. The molecule has 19 heavy (non-hydrogen) atoms. The fourth-order valence-corrected chi connectivity index (χ4v) is 1.82. The van der Waals surface area contributed by atoms with Gasteiger partial charge in [-0.3, -0.25) is 9.78 Å². The molecule has 0 unspecified atom stereocenters. The summed E-state index contributed by atoms with van der Waals surface area (Å²) in [6.45, 7) is 4.61. The minimum absolute atomic E-state index is 0.0799. The van der Waals surface area contributed by atoms with Gasteiger partial charge in [0.1, 0.15) is 0 Å². The second-order valence-electron chi connectivity index (χ2n) is 4.62. The number of aromatic nitrogens is 3. The third-order valence-corrected chi connectivity index (χ3v) is 2.85. The van der Waals surface area contributed by atoms with E-state index in [2.05, 4.69) is 15.3 Å². The lowest BCUT2D eigenvalue weighted by molar-refractivity contribution is 0.575. The number of nitrogens with one attached hydrogen (secondary N) is 1. The summed E-state index contributed by atoms with van der Waals surface area (Å²) >= 11 is 0. The first-order valence-electron chi connectivity index (χ1n) is 6.38. The summed E-state index contributed by atoms with van der Waals surface area (Å²) in [4.78, 5) is 20.2. The number of anilines is 1. The van der Waals surface area contributed by atoms with Crippen molar-refractivity contribution in [2.45, 2.75) is 26.3 Å². The molecule has 2 aromatic rings. The Morgan fingerprint density at radius 1 is 1.37 bits per heavy atom. The van der Waals surface area contributed by atoms with Gasteiger partial charge in [0, 0.05) is 37.4 Å². The second kappa shape index (κ2) is 6.13. The van der Waals surface area contributed by atoms with Gasteiger partial charge in [0.2, 0.25) is 0 Å². The Kier molecular flexibility index (Phi) is 4.28. The van der Waals surface area contributed by atoms with Crippen molar-refractivity contribution in [3.05, 3.63) is 52.8 Å². The summed E-state index contributed by atoms with van der Waals surface area (Å²) < 4.78 is 1.67. The first kappa shape index (κ1) is 13.3. The van der Waals surface area contributed by atoms with Crippen LogP contribution in [-0.2, 0) is 6.42 Å². The Labute approximate surface area is 112 Å². The molecule has 0 aromatic carbocycles. The molecule has 0 saturated heterocycles. The maximum Gasteiger partial charge on any atom is 0.293 e. The Balaban J connectivity index is 2.01. The molecule has 2 aromatic heterocycles. The predicted octanol–water partition coefficient (Wildman–Crippen LogP) is 1.87. The molecule has 0 bridgehead atoms. The Morgan fingerprint density at radius 3 is 2.89 bits per heavy atom. The quantitative estimate of drug-likeness (QED) is 0.889. The van der Waals surface area contributed by atoms with Crippen LogP contribution in [-0.4, -0.2) is 21.1 Å². The molecule has 0 aliphatic rings. The van der Waals surface area contributed by atoms with Crippen LogP contribution in [0.15, 0.2) is 41.7 Å². The minimum atomic E-state index is -0.0799. The van der Waals surface area contributed by atoms with E-state index in [-0.39, 0.29) is 11.6 Å². The highest BCUT2D eigenvalue weighted by atomic mass is 16.1. The van der Waals surface area contributed by atoms with Crippen LogP contribution in [0.5, 0.6) is 0 Å². The van der Waals surface area contributed by atoms with E-state index in [0.717, 1.165) is 12.0 Å². The summed E-state index contributed by atoms with van der Waals surface area (Å²) in [7, 11) is 0. The molecule has 0 atom stereocenters. The van der Waals surface area contributed by atoms with Gasteiger partial charge in [0.25, 0.3) is 5.56 Å². The van der Waals surface area contributed by atoms with E-state index in [1.54, 1.807) is 23.2 Å². The van der Waals surface area contributed by atoms with Crippen molar-refractivity contribution in [3.8, 4) is 0 Å². The molecule has 2 rings (SSSR count). The Morgan fingerprint density at radius 2 is 2.21 bits per heavy atom. The largest absolute Gasteiger partial charge is 0.365 e. The number of rotatable bonds is 5. The van der Waals surface area contributed by atoms with E-state index in [1.165, 1.54) is 0 Å². The van der Waals surface area contributed by atoms with E-state index < -0.39 is 0 Å². The summed E-state index contributed by atoms with van der Waals surface area (Å²) in [6, 6.07) is 4.05. The monoisotopic (exact) mass is 258 g/mol. The average molecular weight is 258 g/mol. The van der Waals surface area contributed by atoms with Gasteiger partial charge in [-0.1, -0.05) is 6.07 Å². The van der Waals surface area contributed by atoms with Crippen molar-refractivity contribution < 1.29 is 0 Å². The zero-order chi connectivity index (χ0) is 13.7. The maximum atomic E-state index is 12.1. The predicted molar refractivity (Wildman–Crippen MR) is 75.3 cm³/mol. The van der Waals surface area contributed by atoms with Crippen molar-refractivity contribution in [1.29, 1.82) is 0 Å². The van der Waals surface area contributed by atoms with Crippen molar-refractivity contribution in [1.82, 2.24) is 14.5 Å². The molecule has 0 saturated carbocycles. The van der Waals surface area contributed by atoms with E-state index in [9.17, 15) is 4.79 Å². The molecule has 0 aliphatic heterocycles. The summed E-state index contributed by atoms with van der Waals surface area (Å²) in [5.74, 6) is 0.403. The lowest BCUT2D eigenvalue weighted by Crippen LogP contribution is -2.26. The van der Waals surface area contributed by atoms with Gasteiger partial charge in [0.15, 0.2) is 5.82 Å². The number of hydrogen-bond acceptors (Lipinski definition) is 4. The zero-order valence-corrected chi connectivity index (χ0v) is 11.2. The first-order chi connectivity index (χ1) is 9.18. The van der Waals surface area contributed by atoms with Gasteiger partial charge in [-0.05, 0) is 31.9 Å². The molecule has 0 fully saturated rings. The standard InChI is InChI=1S/C14H18N4O/c1-11(2)18-9-8-17-13(14(18)19)16-7-5-12-4-3-6-15-10-12/h3-4,6,8-11H,5,7H2,1-2H3,(H,16,17). The molecule has 0 amide bonds. The van der Waals surface area contributed by atoms with Gasteiger partial charge in [-0.2, -0.15) is 0 Å². The molecule has 5 nitrogen and oxygen atoms in total. The van der Waals surface area contributed by atoms with E-state index in [1.807, 2.05) is 32.2 Å². The van der Waals surface area contributed by atoms with Crippen LogP contribution in [0.1, 0.15) is 25.5 Å². The van der Waals surface area contributed by atoms with Crippen LogP contribution < -0.4 is 10.9 Å². The Hall–Kier alpha value is -2.17. The fourth-order valence-electron chi connectivity index (χ4n) is 1.82. The molecule has 100 valence electrons. The van der Waals surface area contributed by atoms with Crippen LogP contribution in [0.3, 0.4) is 0 Å². The zero-order valence-electron chi connectivity index (χ0n) is 11.2. The lowest BCUT2D eigenvalue weighted by atomic mass is 10.2. The average Bonchev–Trinajstić information content (AvgIpc) is 2.41. The Bertz CT molecular complexity index is 577. The number of pyridine rings is 1. The maximum absolute atomic E-state index is 12.1. The molecule has 0 spiro atoms. The number of nitrogens with zero attached hydrogens (tertiary/aromatic N) is 3. The van der Waals surface area contributed by atoms with Gasteiger partial charge >= 0.3 is 0 Å². The van der Waals surface area contributed by atoms with Crippen LogP contribution in [0, 0.1) is 0 Å². The summed E-state index contributed by atoms with van der Waals surface area (Å²) in [5, 5.41) is 3.08. The molecular weight excluding hydrogens is 240 g/mol. The van der Waals surface area contributed by atoms with Gasteiger partial charge in [-0.15, -0.1) is 0 Å². The molecule has 2 heterocycles. The van der Waals surface area contributed by atoms with Crippen LogP contribution >= 0.6 is 0 Å². The van der Waals surface area contributed by atoms with Crippen LogP contribution in [0.4, 0.5) is 5.82 Å². The van der Waals surface area contributed by atoms with E-state index in [0.29, 0.717) is 12.4 Å². The first-order valence-corrected chi connectivity index (χ1v) is 6.38. The molecule has 0 aliphatic carbocycles. The topological polar surface area (TPSA) is 59.8 Å². The molecule has 0 radical (unpaired) electrons. The summed E-state index contributed by atoms with van der Waals surface area (Å²) in [6.07, 6.45) is 7.74. The molecular formula is C14H18N4O. The number of hydrogen-bond donors (Lipinski definition) is 1. The van der Waals surface area contributed by atoms with Crippen LogP contribution in [0.2, 0.25) is 0 Å². The van der Waals surface area contributed by atoms with E-state index >= 15 is 0 Å². The van der Waals surface area contributed by atoms with Gasteiger partial charge in [0.05, 0.1) is 0 Å². The van der Waals surface area contributed by atoms with Crippen molar-refractivity contribution >= 4 is 5.82 Å². The van der Waals surface area contributed by atoms with E-state index in [4.69, 9.17) is 0 Å². The van der Waals surface area contributed by atoms with Crippen molar-refractivity contribution in [3.63, 3.8) is 0 Å². The SMILES string of the molecule is CC(C)n1ccnc(NCCc2cccnc2)c1=O. The van der Waals surface area contributed by atoms with Gasteiger partial charge < -0.3 is 9.88 Å². The third kappa shape index (κ3) is 3.40. The fraction of sp³-hybridized carbons (Fsp3) is 0.357. The highest BCUT2D eigenvalue weighted by Crippen LogP contribution is 2.02. The third-order valence-electron chi connectivity index (χ3n) is 2.85. The normalized spacial score (nSPS) is 10.7. The smallest absolute Gasteiger partial charge is 0.293 e.